The number of primary amides is 1. The van der Waals surface area contributed by atoms with Crippen LogP contribution in [0.4, 0.5) is 4.79 Å². The van der Waals surface area contributed by atoms with Crippen molar-refractivity contribution >= 4 is 22.7 Å². The molecule has 4 N–H and O–H groups in total. The van der Waals surface area contributed by atoms with E-state index in [9.17, 15) is 9.59 Å². The highest BCUT2D eigenvalue weighted by atomic mass is 16.2. The number of hydrogen-bond acceptors (Lipinski definition) is 3. The predicted octanol–water partition coefficient (Wildman–Crippen LogP) is 2.18. The van der Waals surface area contributed by atoms with Crippen molar-refractivity contribution in [3.05, 3.63) is 59.9 Å². The van der Waals surface area contributed by atoms with Crippen LogP contribution in [-0.4, -0.2) is 28.3 Å². The van der Waals surface area contributed by atoms with Crippen LogP contribution in [0.1, 0.15) is 24.2 Å². The fourth-order valence-electron chi connectivity index (χ4n) is 3.02. The van der Waals surface area contributed by atoms with E-state index in [0.29, 0.717) is 0 Å². The lowest BCUT2D eigenvalue weighted by molar-refractivity contribution is -0.120. The van der Waals surface area contributed by atoms with E-state index < -0.39 is 6.03 Å². The van der Waals surface area contributed by atoms with Crippen LogP contribution in [-0.2, 0) is 4.79 Å². The van der Waals surface area contributed by atoms with Crippen molar-refractivity contribution in [1.29, 1.82) is 0 Å². The molecule has 1 heterocycles. The first-order valence-electron chi connectivity index (χ1n) is 8.32. The zero-order chi connectivity index (χ0) is 18.7. The average Bonchev–Trinajstić information content (AvgIpc) is 3.01. The fraction of sp³-hybridized carbons (Fsp3) is 0.211. The molecule has 0 bridgehead atoms. The van der Waals surface area contributed by atoms with Crippen LogP contribution in [0.2, 0.25) is 0 Å². The Morgan fingerprint density at radius 1 is 1.19 bits per heavy atom. The summed E-state index contributed by atoms with van der Waals surface area (Å²) in [5.74, 6) is -0.311. The molecule has 0 aliphatic carbocycles. The van der Waals surface area contributed by atoms with E-state index in [1.165, 1.54) is 0 Å². The number of aromatic nitrogens is 2. The van der Waals surface area contributed by atoms with Gasteiger partial charge in [0.2, 0.25) is 5.91 Å². The Kier molecular flexibility index (Phi) is 4.88. The number of fused-ring (bicyclic) bond motifs is 1. The van der Waals surface area contributed by atoms with Crippen LogP contribution in [0, 0.1) is 6.92 Å². The summed E-state index contributed by atoms with van der Waals surface area (Å²) >= 11 is 0. The maximum Gasteiger partial charge on any atom is 0.312 e. The fourth-order valence-corrected chi connectivity index (χ4v) is 3.02. The number of rotatable bonds is 5. The maximum atomic E-state index is 11.9. The minimum atomic E-state index is -0.729. The number of amides is 3. The number of hydrogen-bond donors (Lipinski definition) is 3. The molecule has 3 rings (SSSR count). The molecule has 0 spiro atoms. The lowest BCUT2D eigenvalue weighted by Gasteiger charge is -2.15. The Hall–Kier alpha value is -3.35. The highest BCUT2D eigenvalue weighted by molar-refractivity contribution is 5.90. The largest absolute Gasteiger partial charge is 0.352 e. The molecular weight excluding hydrogens is 330 g/mol. The van der Waals surface area contributed by atoms with Gasteiger partial charge in [-0.1, -0.05) is 36.4 Å². The van der Waals surface area contributed by atoms with Gasteiger partial charge in [-0.3, -0.25) is 4.79 Å². The van der Waals surface area contributed by atoms with Gasteiger partial charge >= 0.3 is 6.03 Å². The highest BCUT2D eigenvalue weighted by Gasteiger charge is 2.17. The van der Waals surface area contributed by atoms with Gasteiger partial charge in [0.15, 0.2) is 0 Å². The minimum absolute atomic E-state index is 0.157. The number of benzene rings is 2. The predicted molar refractivity (Wildman–Crippen MR) is 100.0 cm³/mol. The minimum Gasteiger partial charge on any atom is -0.352 e. The lowest BCUT2D eigenvalue weighted by atomic mass is 10.1. The molecular formula is C19H21N5O2. The van der Waals surface area contributed by atoms with Gasteiger partial charge in [0.25, 0.3) is 0 Å². The zero-order valence-corrected chi connectivity index (χ0v) is 14.7. The number of carbonyl (C=O) groups is 2. The van der Waals surface area contributed by atoms with Gasteiger partial charge in [0, 0.05) is 16.6 Å². The molecule has 134 valence electrons. The van der Waals surface area contributed by atoms with Crippen molar-refractivity contribution < 1.29 is 9.59 Å². The number of nitrogens with zero attached hydrogens (tertiary/aromatic N) is 2. The van der Waals surface area contributed by atoms with Crippen molar-refractivity contribution in [2.75, 3.05) is 6.54 Å². The van der Waals surface area contributed by atoms with Crippen molar-refractivity contribution in [2.24, 2.45) is 5.73 Å². The standard InChI is InChI=1S/C19H21N5O2/c1-12(23-18(25)11-21-19(20)26)16-10-22-24(13(16)2)17-9-5-7-14-6-3-4-8-15(14)17/h3-10,12H,11H2,1-2H3,(H,23,25)(H3,20,21,26). The van der Waals surface area contributed by atoms with Crippen molar-refractivity contribution in [3.63, 3.8) is 0 Å². The van der Waals surface area contributed by atoms with Crippen LogP contribution in [0.15, 0.2) is 48.7 Å². The van der Waals surface area contributed by atoms with Gasteiger partial charge in [-0.15, -0.1) is 0 Å². The molecule has 3 aromatic rings. The average molecular weight is 351 g/mol. The molecule has 26 heavy (non-hydrogen) atoms. The third-order valence-corrected chi connectivity index (χ3v) is 4.31. The normalized spacial score (nSPS) is 11.9. The van der Waals surface area contributed by atoms with Crippen molar-refractivity contribution in [2.45, 2.75) is 19.9 Å². The topological polar surface area (TPSA) is 102 Å². The van der Waals surface area contributed by atoms with E-state index in [0.717, 1.165) is 27.7 Å². The Morgan fingerprint density at radius 3 is 2.69 bits per heavy atom. The number of nitrogens with two attached hydrogens (primary N) is 1. The number of nitrogens with one attached hydrogen (secondary N) is 2. The quantitative estimate of drug-likeness (QED) is 0.656. The van der Waals surface area contributed by atoms with E-state index in [1.807, 2.05) is 42.8 Å². The molecule has 3 amide bonds. The van der Waals surface area contributed by atoms with Gasteiger partial charge in [0.05, 0.1) is 24.5 Å². The molecule has 1 atom stereocenters. The molecule has 1 unspecified atom stereocenters. The summed E-state index contributed by atoms with van der Waals surface area (Å²) in [7, 11) is 0. The summed E-state index contributed by atoms with van der Waals surface area (Å²) in [4.78, 5) is 22.6. The van der Waals surface area contributed by atoms with E-state index >= 15 is 0 Å². The summed E-state index contributed by atoms with van der Waals surface area (Å²) in [6.07, 6.45) is 1.75. The van der Waals surface area contributed by atoms with Crippen LogP contribution in [0.5, 0.6) is 0 Å². The van der Waals surface area contributed by atoms with E-state index in [1.54, 1.807) is 6.20 Å². The zero-order valence-electron chi connectivity index (χ0n) is 14.7. The van der Waals surface area contributed by atoms with Crippen molar-refractivity contribution in [3.8, 4) is 5.69 Å². The monoisotopic (exact) mass is 351 g/mol. The Balaban J connectivity index is 1.86. The third kappa shape index (κ3) is 3.51. The van der Waals surface area contributed by atoms with Crippen LogP contribution >= 0.6 is 0 Å². The highest BCUT2D eigenvalue weighted by Crippen LogP contribution is 2.25. The van der Waals surface area contributed by atoms with Crippen LogP contribution < -0.4 is 16.4 Å². The van der Waals surface area contributed by atoms with Crippen LogP contribution in [0.3, 0.4) is 0 Å². The van der Waals surface area contributed by atoms with Crippen molar-refractivity contribution in [1.82, 2.24) is 20.4 Å². The SMILES string of the molecule is Cc1c(C(C)NC(=O)CNC(N)=O)cnn1-c1cccc2ccccc12. The van der Waals surface area contributed by atoms with E-state index in [4.69, 9.17) is 5.73 Å². The molecule has 2 aromatic carbocycles. The molecule has 0 fully saturated rings. The molecule has 0 saturated heterocycles. The molecule has 7 heteroatoms. The summed E-state index contributed by atoms with van der Waals surface area (Å²) in [5.41, 5.74) is 7.81. The number of carbonyl (C=O) groups excluding carboxylic acids is 2. The molecule has 0 radical (unpaired) electrons. The Labute approximate surface area is 151 Å². The van der Waals surface area contributed by atoms with Gasteiger partial charge in [0.1, 0.15) is 0 Å². The molecule has 7 nitrogen and oxygen atoms in total. The summed E-state index contributed by atoms with van der Waals surface area (Å²) in [6, 6.07) is 13.2. The Bertz CT molecular complexity index is 958. The molecule has 0 saturated carbocycles. The second-order valence-electron chi connectivity index (χ2n) is 6.10. The smallest absolute Gasteiger partial charge is 0.312 e. The first-order valence-corrected chi connectivity index (χ1v) is 8.32. The maximum absolute atomic E-state index is 11.9. The second-order valence-corrected chi connectivity index (χ2v) is 6.10. The molecule has 0 aliphatic heterocycles. The van der Waals surface area contributed by atoms with Crippen LogP contribution in [0.25, 0.3) is 16.5 Å². The van der Waals surface area contributed by atoms with Gasteiger partial charge in [-0.05, 0) is 25.3 Å². The summed E-state index contributed by atoms with van der Waals surface area (Å²) < 4.78 is 1.88. The third-order valence-electron chi connectivity index (χ3n) is 4.31. The number of urea groups is 1. The van der Waals surface area contributed by atoms with Gasteiger partial charge in [-0.25, -0.2) is 9.48 Å². The summed E-state index contributed by atoms with van der Waals surface area (Å²) in [5, 5.41) is 11.9. The lowest BCUT2D eigenvalue weighted by Crippen LogP contribution is -2.40. The molecule has 1 aromatic heterocycles. The molecule has 0 aliphatic rings. The van der Waals surface area contributed by atoms with E-state index in [-0.39, 0.29) is 18.5 Å². The first kappa shape index (κ1) is 17.5. The van der Waals surface area contributed by atoms with Gasteiger partial charge in [-0.2, -0.15) is 5.10 Å². The van der Waals surface area contributed by atoms with Gasteiger partial charge < -0.3 is 16.4 Å². The Morgan fingerprint density at radius 2 is 1.92 bits per heavy atom. The second kappa shape index (κ2) is 7.26. The van der Waals surface area contributed by atoms with E-state index in [2.05, 4.69) is 33.9 Å². The first-order chi connectivity index (χ1) is 12.5. The summed E-state index contributed by atoms with van der Waals surface area (Å²) in [6.45, 7) is 3.68.